The van der Waals surface area contributed by atoms with Crippen LogP contribution < -0.4 is 15.4 Å². The van der Waals surface area contributed by atoms with Crippen molar-refractivity contribution >= 4 is 28.7 Å². The standard InChI is InChI=1S/C22H26N2O5/c1-15-6-2-5-9-19(15)23-22(27)24-20(25)13-29-21(26)14-28-18-11-10-16-7-3-4-8-17(16)12-18/h3-4,7-8,10-12,15,19H,2,5-6,9,13-14H2,1H3,(H2,23,24,25,27)/t15-,19-/m0/s1. The van der Waals surface area contributed by atoms with E-state index in [1.807, 2.05) is 36.4 Å². The quantitative estimate of drug-likeness (QED) is 0.729. The van der Waals surface area contributed by atoms with Gasteiger partial charge in [0.05, 0.1) is 0 Å². The first-order valence-corrected chi connectivity index (χ1v) is 9.89. The van der Waals surface area contributed by atoms with Gasteiger partial charge in [-0.2, -0.15) is 0 Å². The molecule has 2 N–H and O–H groups in total. The van der Waals surface area contributed by atoms with Gasteiger partial charge in [0, 0.05) is 6.04 Å². The van der Waals surface area contributed by atoms with E-state index in [0.717, 1.165) is 36.5 Å². The van der Waals surface area contributed by atoms with Crippen molar-refractivity contribution in [3.63, 3.8) is 0 Å². The average Bonchev–Trinajstić information content (AvgIpc) is 2.72. The predicted octanol–water partition coefficient (Wildman–Crippen LogP) is 3.17. The molecule has 2 aromatic carbocycles. The maximum atomic E-state index is 11.9. The summed E-state index contributed by atoms with van der Waals surface area (Å²) < 4.78 is 10.3. The fourth-order valence-electron chi connectivity index (χ4n) is 3.49. The number of hydrogen-bond acceptors (Lipinski definition) is 5. The molecule has 0 bridgehead atoms. The molecule has 1 fully saturated rings. The second kappa shape index (κ2) is 9.91. The summed E-state index contributed by atoms with van der Waals surface area (Å²) >= 11 is 0. The number of carbonyl (C=O) groups excluding carboxylic acids is 3. The van der Waals surface area contributed by atoms with Gasteiger partial charge in [-0.05, 0) is 41.7 Å². The van der Waals surface area contributed by atoms with Crippen LogP contribution in [0.25, 0.3) is 10.8 Å². The lowest BCUT2D eigenvalue weighted by Crippen LogP contribution is -2.48. The van der Waals surface area contributed by atoms with Crippen LogP contribution in [-0.2, 0) is 14.3 Å². The molecule has 3 amide bonds. The lowest BCUT2D eigenvalue weighted by atomic mass is 9.86. The van der Waals surface area contributed by atoms with Gasteiger partial charge in [-0.1, -0.05) is 50.1 Å². The Balaban J connectivity index is 1.37. The second-order valence-corrected chi connectivity index (χ2v) is 7.35. The van der Waals surface area contributed by atoms with E-state index in [1.165, 1.54) is 0 Å². The highest BCUT2D eigenvalue weighted by atomic mass is 16.6. The van der Waals surface area contributed by atoms with Crippen LogP contribution in [0.1, 0.15) is 32.6 Å². The molecular weight excluding hydrogens is 372 g/mol. The molecule has 7 heteroatoms. The molecule has 29 heavy (non-hydrogen) atoms. The number of urea groups is 1. The summed E-state index contributed by atoms with van der Waals surface area (Å²) in [4.78, 5) is 35.5. The van der Waals surface area contributed by atoms with Crippen molar-refractivity contribution in [3.05, 3.63) is 42.5 Å². The van der Waals surface area contributed by atoms with Gasteiger partial charge >= 0.3 is 12.0 Å². The Labute approximate surface area is 169 Å². The van der Waals surface area contributed by atoms with Crippen molar-refractivity contribution in [1.29, 1.82) is 0 Å². The van der Waals surface area contributed by atoms with Gasteiger partial charge in [-0.3, -0.25) is 10.1 Å². The summed E-state index contributed by atoms with van der Waals surface area (Å²) in [5.74, 6) is -0.444. The van der Waals surface area contributed by atoms with Crippen LogP contribution in [0.5, 0.6) is 5.75 Å². The molecule has 2 aromatic rings. The minimum absolute atomic E-state index is 0.0643. The maximum absolute atomic E-state index is 11.9. The number of benzene rings is 2. The summed E-state index contributed by atoms with van der Waals surface area (Å²) in [5, 5.41) is 7.07. The van der Waals surface area contributed by atoms with Crippen LogP contribution in [0, 0.1) is 5.92 Å². The number of amides is 3. The fourth-order valence-corrected chi connectivity index (χ4v) is 3.49. The summed E-state index contributed by atoms with van der Waals surface area (Å²) in [7, 11) is 0. The smallest absolute Gasteiger partial charge is 0.344 e. The minimum Gasteiger partial charge on any atom is -0.482 e. The van der Waals surface area contributed by atoms with Gasteiger partial charge < -0.3 is 14.8 Å². The molecule has 7 nitrogen and oxygen atoms in total. The van der Waals surface area contributed by atoms with Gasteiger partial charge in [0.1, 0.15) is 5.75 Å². The number of fused-ring (bicyclic) bond motifs is 1. The molecule has 3 rings (SSSR count). The number of nitrogens with one attached hydrogen (secondary N) is 2. The topological polar surface area (TPSA) is 93.7 Å². The SMILES string of the molecule is C[C@H]1CCCC[C@@H]1NC(=O)NC(=O)COC(=O)COc1ccc2ccccc2c1. The van der Waals surface area contributed by atoms with Crippen molar-refractivity contribution in [2.24, 2.45) is 5.92 Å². The Kier molecular flexibility index (Phi) is 7.05. The number of hydrogen-bond donors (Lipinski definition) is 2. The van der Waals surface area contributed by atoms with Crippen molar-refractivity contribution < 1.29 is 23.9 Å². The molecule has 0 heterocycles. The van der Waals surface area contributed by atoms with E-state index in [0.29, 0.717) is 11.7 Å². The van der Waals surface area contributed by atoms with Gasteiger partial charge in [0.25, 0.3) is 5.91 Å². The van der Waals surface area contributed by atoms with E-state index in [9.17, 15) is 14.4 Å². The zero-order valence-electron chi connectivity index (χ0n) is 16.5. The summed E-state index contributed by atoms with van der Waals surface area (Å²) in [6.45, 7) is 1.23. The molecule has 2 atom stereocenters. The number of esters is 1. The van der Waals surface area contributed by atoms with E-state index in [-0.39, 0.29) is 12.6 Å². The Bertz CT molecular complexity index is 882. The van der Waals surface area contributed by atoms with E-state index >= 15 is 0 Å². The minimum atomic E-state index is -0.686. The van der Waals surface area contributed by atoms with E-state index in [1.54, 1.807) is 6.07 Å². The van der Waals surface area contributed by atoms with Crippen LogP contribution in [0.2, 0.25) is 0 Å². The van der Waals surface area contributed by atoms with Crippen LogP contribution in [0.3, 0.4) is 0 Å². The normalized spacial score (nSPS) is 18.7. The van der Waals surface area contributed by atoms with Crippen LogP contribution in [0.4, 0.5) is 4.79 Å². The fraction of sp³-hybridized carbons (Fsp3) is 0.409. The third kappa shape index (κ3) is 6.20. The zero-order valence-corrected chi connectivity index (χ0v) is 16.5. The lowest BCUT2D eigenvalue weighted by Gasteiger charge is -2.29. The molecule has 0 aliphatic heterocycles. The molecule has 0 aromatic heterocycles. The van der Waals surface area contributed by atoms with E-state index in [2.05, 4.69) is 17.6 Å². The Morgan fingerprint density at radius 1 is 1.00 bits per heavy atom. The first kappa shape index (κ1) is 20.6. The van der Waals surface area contributed by atoms with Gasteiger partial charge in [0.2, 0.25) is 0 Å². The van der Waals surface area contributed by atoms with Crippen LogP contribution in [0.15, 0.2) is 42.5 Å². The van der Waals surface area contributed by atoms with Crippen molar-refractivity contribution in [3.8, 4) is 5.75 Å². The van der Waals surface area contributed by atoms with E-state index < -0.39 is 24.5 Å². The number of ether oxygens (including phenoxy) is 2. The first-order chi connectivity index (χ1) is 14.0. The summed E-state index contributed by atoms with van der Waals surface area (Å²) in [6, 6.07) is 12.8. The van der Waals surface area contributed by atoms with Crippen LogP contribution in [-0.4, -0.2) is 37.2 Å². The third-order valence-electron chi connectivity index (χ3n) is 5.12. The highest BCUT2D eigenvalue weighted by Gasteiger charge is 2.23. The largest absolute Gasteiger partial charge is 0.482 e. The summed E-state index contributed by atoms with van der Waals surface area (Å²) in [6.07, 6.45) is 4.20. The molecular formula is C22H26N2O5. The number of carbonyl (C=O) groups is 3. The first-order valence-electron chi connectivity index (χ1n) is 9.89. The molecule has 154 valence electrons. The predicted molar refractivity (Wildman–Crippen MR) is 108 cm³/mol. The molecule has 1 saturated carbocycles. The second-order valence-electron chi connectivity index (χ2n) is 7.35. The molecule has 0 saturated heterocycles. The average molecular weight is 398 g/mol. The highest BCUT2D eigenvalue weighted by molar-refractivity contribution is 5.95. The van der Waals surface area contributed by atoms with Crippen molar-refractivity contribution in [2.75, 3.05) is 13.2 Å². The van der Waals surface area contributed by atoms with Crippen LogP contribution >= 0.6 is 0 Å². The molecule has 1 aliphatic rings. The molecule has 0 radical (unpaired) electrons. The maximum Gasteiger partial charge on any atom is 0.344 e. The Morgan fingerprint density at radius 2 is 1.76 bits per heavy atom. The Hall–Kier alpha value is -3.09. The molecule has 1 aliphatic carbocycles. The highest BCUT2D eigenvalue weighted by Crippen LogP contribution is 2.23. The lowest BCUT2D eigenvalue weighted by molar-refractivity contribution is -0.150. The van der Waals surface area contributed by atoms with Crippen molar-refractivity contribution in [2.45, 2.75) is 38.6 Å². The third-order valence-corrected chi connectivity index (χ3v) is 5.12. The Morgan fingerprint density at radius 3 is 2.55 bits per heavy atom. The zero-order chi connectivity index (χ0) is 20.6. The van der Waals surface area contributed by atoms with Gasteiger partial charge in [-0.15, -0.1) is 0 Å². The number of imide groups is 1. The van der Waals surface area contributed by atoms with Gasteiger partial charge in [0.15, 0.2) is 13.2 Å². The van der Waals surface area contributed by atoms with Gasteiger partial charge in [-0.25, -0.2) is 9.59 Å². The van der Waals surface area contributed by atoms with Crippen molar-refractivity contribution in [1.82, 2.24) is 10.6 Å². The molecule has 0 unspecified atom stereocenters. The molecule has 0 spiro atoms. The monoisotopic (exact) mass is 398 g/mol. The number of rotatable bonds is 6. The summed E-state index contributed by atoms with van der Waals surface area (Å²) in [5.41, 5.74) is 0. The van der Waals surface area contributed by atoms with E-state index in [4.69, 9.17) is 9.47 Å².